The fraction of sp³-hybridized carbons (Fsp3) is 0.333. The number of hydrogen-bond donors (Lipinski definition) is 1. The first-order chi connectivity index (χ1) is 9.61. The van der Waals surface area contributed by atoms with Crippen molar-refractivity contribution in [3.05, 3.63) is 47.9 Å². The fourth-order valence-corrected chi connectivity index (χ4v) is 2.02. The van der Waals surface area contributed by atoms with Crippen LogP contribution in [-0.2, 0) is 16.0 Å². The van der Waals surface area contributed by atoms with E-state index in [0.717, 1.165) is 17.1 Å². The smallest absolute Gasteiger partial charge is 0.323 e. The van der Waals surface area contributed by atoms with Crippen molar-refractivity contribution in [2.45, 2.75) is 26.3 Å². The molecule has 0 aromatic carbocycles. The first-order valence-corrected chi connectivity index (χ1v) is 6.63. The van der Waals surface area contributed by atoms with Crippen LogP contribution in [-0.4, -0.2) is 28.2 Å². The third-order valence-electron chi connectivity index (χ3n) is 3.00. The second-order valence-electron chi connectivity index (χ2n) is 4.62. The van der Waals surface area contributed by atoms with Crippen molar-refractivity contribution in [1.82, 2.24) is 9.55 Å². The zero-order chi connectivity index (χ0) is 14.5. The van der Waals surface area contributed by atoms with Gasteiger partial charge in [0.1, 0.15) is 11.9 Å². The summed E-state index contributed by atoms with van der Waals surface area (Å²) >= 11 is 0. The quantitative estimate of drug-likeness (QED) is 0.840. The lowest BCUT2D eigenvalue weighted by molar-refractivity contribution is -0.144. The lowest BCUT2D eigenvalue weighted by Gasteiger charge is -2.13. The van der Waals surface area contributed by atoms with Crippen LogP contribution in [0.2, 0.25) is 0 Å². The Labute approximate surface area is 118 Å². The molecule has 0 aliphatic rings. The van der Waals surface area contributed by atoms with Crippen LogP contribution < -0.4 is 5.73 Å². The number of nitrogens with two attached hydrogens (primary N) is 1. The van der Waals surface area contributed by atoms with Crippen LogP contribution in [0.25, 0.3) is 5.82 Å². The van der Waals surface area contributed by atoms with E-state index in [1.54, 1.807) is 13.1 Å². The maximum absolute atomic E-state index is 11.6. The van der Waals surface area contributed by atoms with Gasteiger partial charge in [-0.15, -0.1) is 0 Å². The van der Waals surface area contributed by atoms with E-state index < -0.39 is 6.04 Å². The Balaban J connectivity index is 2.19. The lowest BCUT2D eigenvalue weighted by atomic mass is 10.1. The van der Waals surface area contributed by atoms with Gasteiger partial charge in [0.05, 0.1) is 6.61 Å². The molecule has 0 bridgehead atoms. The summed E-state index contributed by atoms with van der Waals surface area (Å²) in [6.07, 6.45) is 4.09. The number of esters is 1. The van der Waals surface area contributed by atoms with Crippen LogP contribution in [0, 0.1) is 6.92 Å². The SMILES string of the molecule is CCOC(=O)C(N)Cc1cccn1-c1cc(C)ccn1. The highest BCUT2D eigenvalue weighted by atomic mass is 16.5. The molecular formula is C15H19N3O2. The van der Waals surface area contributed by atoms with Crippen LogP contribution >= 0.6 is 0 Å². The molecule has 2 rings (SSSR count). The molecule has 0 fully saturated rings. The molecule has 0 aliphatic heterocycles. The molecular weight excluding hydrogens is 254 g/mol. The largest absolute Gasteiger partial charge is 0.465 e. The topological polar surface area (TPSA) is 70.1 Å². The molecule has 2 aromatic heterocycles. The van der Waals surface area contributed by atoms with Crippen LogP contribution in [0.4, 0.5) is 0 Å². The standard InChI is InChI=1S/C15H19N3O2/c1-3-20-15(19)13(16)10-12-5-4-8-18(12)14-9-11(2)6-7-17-14/h4-9,13H,3,10,16H2,1-2H3. The van der Waals surface area contributed by atoms with Crippen LogP contribution in [0.1, 0.15) is 18.2 Å². The van der Waals surface area contributed by atoms with Crippen molar-refractivity contribution < 1.29 is 9.53 Å². The highest BCUT2D eigenvalue weighted by molar-refractivity contribution is 5.75. The van der Waals surface area contributed by atoms with Crippen LogP contribution in [0.15, 0.2) is 36.7 Å². The number of rotatable bonds is 5. The molecule has 0 saturated carbocycles. The number of nitrogens with zero attached hydrogens (tertiary/aromatic N) is 2. The highest BCUT2D eigenvalue weighted by Crippen LogP contribution is 2.13. The van der Waals surface area contributed by atoms with Crippen molar-refractivity contribution >= 4 is 5.97 Å². The molecule has 2 aromatic rings. The number of aromatic nitrogens is 2. The van der Waals surface area contributed by atoms with E-state index in [4.69, 9.17) is 10.5 Å². The van der Waals surface area contributed by atoms with Gasteiger partial charge in [0.15, 0.2) is 0 Å². The number of carbonyl (C=O) groups excluding carboxylic acids is 1. The maximum Gasteiger partial charge on any atom is 0.323 e. The third kappa shape index (κ3) is 3.24. The summed E-state index contributed by atoms with van der Waals surface area (Å²) in [6.45, 7) is 4.12. The summed E-state index contributed by atoms with van der Waals surface area (Å²) < 4.78 is 6.86. The van der Waals surface area contributed by atoms with Gasteiger partial charge in [-0.25, -0.2) is 4.98 Å². The van der Waals surface area contributed by atoms with Crippen LogP contribution in [0.3, 0.4) is 0 Å². The average molecular weight is 273 g/mol. The van der Waals surface area contributed by atoms with Gasteiger partial charge in [0.2, 0.25) is 0 Å². The van der Waals surface area contributed by atoms with Gasteiger partial charge in [-0.2, -0.15) is 0 Å². The highest BCUT2D eigenvalue weighted by Gasteiger charge is 2.17. The van der Waals surface area contributed by atoms with Gasteiger partial charge in [0, 0.05) is 24.5 Å². The molecule has 2 N–H and O–H groups in total. The zero-order valence-corrected chi connectivity index (χ0v) is 11.7. The second kappa shape index (κ2) is 6.34. The van der Waals surface area contributed by atoms with Crippen molar-refractivity contribution in [3.63, 3.8) is 0 Å². The van der Waals surface area contributed by atoms with Crippen molar-refractivity contribution in [3.8, 4) is 5.82 Å². The molecule has 0 radical (unpaired) electrons. The minimum atomic E-state index is -0.659. The molecule has 20 heavy (non-hydrogen) atoms. The molecule has 0 amide bonds. The first kappa shape index (κ1) is 14.3. The Morgan fingerprint density at radius 1 is 1.50 bits per heavy atom. The summed E-state index contributed by atoms with van der Waals surface area (Å²) in [4.78, 5) is 15.9. The van der Waals surface area contributed by atoms with Crippen molar-refractivity contribution in [2.75, 3.05) is 6.61 Å². The predicted molar refractivity (Wildman–Crippen MR) is 76.6 cm³/mol. The summed E-state index contributed by atoms with van der Waals surface area (Å²) in [7, 11) is 0. The Bertz CT molecular complexity index is 592. The van der Waals surface area contributed by atoms with E-state index in [0.29, 0.717) is 13.0 Å². The maximum atomic E-state index is 11.6. The van der Waals surface area contributed by atoms with E-state index in [-0.39, 0.29) is 5.97 Å². The minimum Gasteiger partial charge on any atom is -0.465 e. The normalized spacial score (nSPS) is 12.2. The first-order valence-electron chi connectivity index (χ1n) is 6.63. The molecule has 5 heteroatoms. The molecule has 0 saturated heterocycles. The Hall–Kier alpha value is -2.14. The van der Waals surface area contributed by atoms with Gasteiger partial charge in [-0.05, 0) is 43.7 Å². The predicted octanol–water partition coefficient (Wildman–Crippen LogP) is 1.61. The minimum absolute atomic E-state index is 0.340. The molecule has 0 spiro atoms. The molecule has 2 heterocycles. The Morgan fingerprint density at radius 2 is 2.30 bits per heavy atom. The summed E-state index contributed by atoms with van der Waals surface area (Å²) in [5.74, 6) is 0.443. The zero-order valence-electron chi connectivity index (χ0n) is 11.7. The van der Waals surface area contributed by atoms with E-state index in [9.17, 15) is 4.79 Å². The number of carbonyl (C=O) groups is 1. The van der Waals surface area contributed by atoms with Crippen molar-refractivity contribution in [1.29, 1.82) is 0 Å². The second-order valence-corrected chi connectivity index (χ2v) is 4.62. The molecule has 1 unspecified atom stereocenters. The van der Waals surface area contributed by atoms with Crippen LogP contribution in [0.5, 0.6) is 0 Å². The molecule has 5 nitrogen and oxygen atoms in total. The molecule has 1 atom stereocenters. The van der Waals surface area contributed by atoms with Gasteiger partial charge in [-0.1, -0.05) is 0 Å². The molecule has 106 valence electrons. The van der Waals surface area contributed by atoms with Crippen molar-refractivity contribution in [2.24, 2.45) is 5.73 Å². The molecule has 0 aliphatic carbocycles. The number of ether oxygens (including phenoxy) is 1. The number of pyridine rings is 1. The van der Waals surface area contributed by atoms with Gasteiger partial charge in [0.25, 0.3) is 0 Å². The van der Waals surface area contributed by atoms with E-state index in [1.807, 2.05) is 42.0 Å². The fourth-order valence-electron chi connectivity index (χ4n) is 2.02. The van der Waals surface area contributed by atoms with E-state index in [1.165, 1.54) is 0 Å². The Morgan fingerprint density at radius 3 is 3.00 bits per heavy atom. The monoisotopic (exact) mass is 273 g/mol. The number of hydrogen-bond acceptors (Lipinski definition) is 4. The average Bonchev–Trinajstić information content (AvgIpc) is 2.87. The van der Waals surface area contributed by atoms with Gasteiger partial charge < -0.3 is 15.0 Å². The lowest BCUT2D eigenvalue weighted by Crippen LogP contribution is -2.35. The van der Waals surface area contributed by atoms with Gasteiger partial charge >= 0.3 is 5.97 Å². The van der Waals surface area contributed by atoms with E-state index in [2.05, 4.69) is 4.98 Å². The third-order valence-corrected chi connectivity index (χ3v) is 3.00. The Kier molecular flexibility index (Phi) is 4.53. The summed E-state index contributed by atoms with van der Waals surface area (Å²) in [5.41, 5.74) is 7.93. The number of aryl methyl sites for hydroxylation is 1. The summed E-state index contributed by atoms with van der Waals surface area (Å²) in [5, 5.41) is 0. The van der Waals surface area contributed by atoms with E-state index >= 15 is 0 Å². The van der Waals surface area contributed by atoms with Gasteiger partial charge in [-0.3, -0.25) is 4.79 Å². The summed E-state index contributed by atoms with van der Waals surface area (Å²) in [6, 6.07) is 7.12.